The van der Waals surface area contributed by atoms with Gasteiger partial charge in [-0.15, -0.1) is 0 Å². The number of hydrogen-bond acceptors (Lipinski definition) is 4. The predicted molar refractivity (Wildman–Crippen MR) is 71.1 cm³/mol. The highest BCUT2D eigenvalue weighted by atomic mass is 17.3. The molecule has 1 aromatic rings. The first kappa shape index (κ1) is 13.5. The van der Waals surface area contributed by atoms with Gasteiger partial charge in [0.15, 0.2) is 13.1 Å². The highest BCUT2D eigenvalue weighted by molar-refractivity contribution is 5.79. The number of rotatable bonds is 4. The average Bonchev–Trinajstić information content (AvgIpc) is 2.97. The second kappa shape index (κ2) is 6.35. The van der Waals surface area contributed by atoms with Crippen molar-refractivity contribution < 1.29 is 19.3 Å². The van der Waals surface area contributed by atoms with Gasteiger partial charge < -0.3 is 9.64 Å². The van der Waals surface area contributed by atoms with Crippen LogP contribution in [0.5, 0.6) is 0 Å². The third-order valence-corrected chi connectivity index (χ3v) is 3.81. The van der Waals surface area contributed by atoms with Gasteiger partial charge in [-0.05, 0) is 18.4 Å². The molecule has 108 valence electrons. The minimum atomic E-state index is -0.402. The van der Waals surface area contributed by atoms with E-state index in [4.69, 9.17) is 14.5 Å². The Kier molecular flexibility index (Phi) is 4.30. The molecule has 1 amide bonds. The number of amides is 1. The molecular weight excluding hydrogens is 258 g/mol. The fraction of sp³-hybridized carbons (Fsp3) is 0.533. The topological polar surface area (TPSA) is 48.0 Å². The Morgan fingerprint density at radius 1 is 1.25 bits per heavy atom. The zero-order valence-electron chi connectivity index (χ0n) is 11.4. The fourth-order valence-electron chi connectivity index (χ4n) is 2.77. The number of piperidine rings is 1. The molecule has 2 atom stereocenters. The van der Waals surface area contributed by atoms with Gasteiger partial charge in [0.25, 0.3) is 0 Å². The van der Waals surface area contributed by atoms with Crippen LogP contribution in [0.4, 0.5) is 0 Å². The molecule has 2 fully saturated rings. The molecule has 2 unspecified atom stereocenters. The molecule has 2 heterocycles. The Labute approximate surface area is 118 Å². The number of likely N-dealkylation sites (tertiary alicyclic amines) is 1. The van der Waals surface area contributed by atoms with Crippen LogP contribution in [0.1, 0.15) is 24.8 Å². The normalized spacial score (nSPS) is 27.0. The average molecular weight is 277 g/mol. The van der Waals surface area contributed by atoms with Crippen molar-refractivity contribution in [3.63, 3.8) is 0 Å². The minimum Gasteiger partial charge on any atom is -0.338 e. The van der Waals surface area contributed by atoms with Gasteiger partial charge >= 0.3 is 0 Å². The molecule has 5 heteroatoms. The zero-order valence-corrected chi connectivity index (χ0v) is 11.4. The summed E-state index contributed by atoms with van der Waals surface area (Å²) >= 11 is 0. The third-order valence-electron chi connectivity index (χ3n) is 3.81. The molecule has 0 bridgehead atoms. The Bertz CT molecular complexity index is 444. The van der Waals surface area contributed by atoms with E-state index >= 15 is 0 Å². The molecule has 2 saturated heterocycles. The smallest absolute Gasteiger partial charge is 0.226 e. The van der Waals surface area contributed by atoms with Crippen molar-refractivity contribution in [2.75, 3.05) is 13.3 Å². The summed E-state index contributed by atoms with van der Waals surface area (Å²) in [6, 6.07) is 10.1. The standard InChI is InChI=1S/C15H19NO4/c17-15-13(9-14-18-11-19-20-14)7-4-8-16(15)10-12-5-2-1-3-6-12/h1-3,5-6,13-14H,4,7-11H2. The van der Waals surface area contributed by atoms with E-state index in [1.54, 1.807) is 0 Å². The number of hydrogen-bond donors (Lipinski definition) is 0. The number of carbonyl (C=O) groups is 1. The summed E-state index contributed by atoms with van der Waals surface area (Å²) in [7, 11) is 0. The molecule has 3 rings (SSSR count). The van der Waals surface area contributed by atoms with Gasteiger partial charge in [0, 0.05) is 25.4 Å². The lowest BCUT2D eigenvalue weighted by Crippen LogP contribution is -2.41. The van der Waals surface area contributed by atoms with E-state index in [0.29, 0.717) is 13.0 Å². The maximum atomic E-state index is 12.5. The summed E-state index contributed by atoms with van der Waals surface area (Å²) < 4.78 is 5.24. The second-order valence-electron chi connectivity index (χ2n) is 5.25. The van der Waals surface area contributed by atoms with Gasteiger partial charge in [0.1, 0.15) is 0 Å². The van der Waals surface area contributed by atoms with Crippen molar-refractivity contribution in [3.8, 4) is 0 Å². The summed E-state index contributed by atoms with van der Waals surface area (Å²) in [5.41, 5.74) is 1.16. The van der Waals surface area contributed by atoms with E-state index in [-0.39, 0.29) is 18.6 Å². The lowest BCUT2D eigenvalue weighted by molar-refractivity contribution is -0.279. The quantitative estimate of drug-likeness (QED) is 0.791. The van der Waals surface area contributed by atoms with Gasteiger partial charge in [0.05, 0.1) is 0 Å². The van der Waals surface area contributed by atoms with Crippen LogP contribution in [0.25, 0.3) is 0 Å². The number of benzene rings is 1. The summed E-state index contributed by atoms with van der Waals surface area (Å²) in [6.07, 6.45) is 2.09. The third kappa shape index (κ3) is 3.17. The van der Waals surface area contributed by atoms with Gasteiger partial charge in [-0.25, -0.2) is 9.78 Å². The Hall–Kier alpha value is -1.43. The molecule has 0 spiro atoms. The number of nitrogens with zero attached hydrogens (tertiary/aromatic N) is 1. The first-order valence-electron chi connectivity index (χ1n) is 7.05. The van der Waals surface area contributed by atoms with Crippen molar-refractivity contribution in [2.45, 2.75) is 32.1 Å². The second-order valence-corrected chi connectivity index (χ2v) is 5.25. The Morgan fingerprint density at radius 2 is 2.10 bits per heavy atom. The zero-order chi connectivity index (χ0) is 13.8. The van der Waals surface area contributed by atoms with Crippen molar-refractivity contribution in [3.05, 3.63) is 35.9 Å². The van der Waals surface area contributed by atoms with E-state index in [1.165, 1.54) is 0 Å². The molecule has 0 aliphatic carbocycles. The maximum Gasteiger partial charge on any atom is 0.226 e. The van der Waals surface area contributed by atoms with Gasteiger partial charge in [-0.3, -0.25) is 4.79 Å². The molecule has 5 nitrogen and oxygen atoms in total. The molecule has 2 aliphatic rings. The van der Waals surface area contributed by atoms with Crippen LogP contribution in [-0.4, -0.2) is 30.4 Å². The lowest BCUT2D eigenvalue weighted by atomic mass is 9.93. The molecule has 0 radical (unpaired) electrons. The maximum absolute atomic E-state index is 12.5. The number of carbonyl (C=O) groups excluding carboxylic acids is 1. The Morgan fingerprint density at radius 3 is 2.85 bits per heavy atom. The first-order valence-corrected chi connectivity index (χ1v) is 7.05. The summed E-state index contributed by atoms with van der Waals surface area (Å²) in [4.78, 5) is 24.1. The largest absolute Gasteiger partial charge is 0.338 e. The van der Waals surface area contributed by atoms with Gasteiger partial charge in [-0.1, -0.05) is 30.3 Å². The highest BCUT2D eigenvalue weighted by Crippen LogP contribution is 2.26. The van der Waals surface area contributed by atoms with E-state index < -0.39 is 6.29 Å². The van der Waals surface area contributed by atoms with E-state index in [1.807, 2.05) is 35.2 Å². The van der Waals surface area contributed by atoms with Gasteiger partial charge in [0.2, 0.25) is 5.91 Å². The monoisotopic (exact) mass is 277 g/mol. The van der Waals surface area contributed by atoms with Gasteiger partial charge in [-0.2, -0.15) is 0 Å². The van der Waals surface area contributed by atoms with Crippen LogP contribution >= 0.6 is 0 Å². The lowest BCUT2D eigenvalue weighted by Gasteiger charge is -2.32. The van der Waals surface area contributed by atoms with Crippen LogP contribution in [0.15, 0.2) is 30.3 Å². The van der Waals surface area contributed by atoms with Crippen LogP contribution in [0, 0.1) is 5.92 Å². The van der Waals surface area contributed by atoms with Crippen LogP contribution < -0.4 is 0 Å². The molecule has 20 heavy (non-hydrogen) atoms. The molecule has 2 aliphatic heterocycles. The molecule has 0 aromatic heterocycles. The molecule has 0 saturated carbocycles. The highest BCUT2D eigenvalue weighted by Gasteiger charge is 2.33. The van der Waals surface area contributed by atoms with Crippen molar-refractivity contribution in [1.82, 2.24) is 4.90 Å². The molecule has 1 aromatic carbocycles. The van der Waals surface area contributed by atoms with Crippen LogP contribution in [0.2, 0.25) is 0 Å². The first-order chi connectivity index (χ1) is 9.83. The predicted octanol–water partition coefficient (Wildman–Crippen LogP) is 2.08. The molecule has 0 N–H and O–H groups in total. The van der Waals surface area contributed by atoms with Crippen molar-refractivity contribution in [2.24, 2.45) is 5.92 Å². The fourth-order valence-corrected chi connectivity index (χ4v) is 2.77. The van der Waals surface area contributed by atoms with Crippen LogP contribution in [0.3, 0.4) is 0 Å². The summed E-state index contributed by atoms with van der Waals surface area (Å²) in [6.45, 7) is 1.66. The van der Waals surface area contributed by atoms with E-state index in [2.05, 4.69) is 0 Å². The number of ether oxygens (including phenoxy) is 1. The van der Waals surface area contributed by atoms with Crippen molar-refractivity contribution in [1.29, 1.82) is 0 Å². The Balaban J connectivity index is 1.59. The van der Waals surface area contributed by atoms with E-state index in [9.17, 15) is 4.79 Å². The SMILES string of the molecule is O=C1C(CC2OCOO2)CCCN1Cc1ccccc1. The van der Waals surface area contributed by atoms with E-state index in [0.717, 1.165) is 24.9 Å². The summed E-state index contributed by atoms with van der Waals surface area (Å²) in [5, 5.41) is 0. The van der Waals surface area contributed by atoms with Crippen LogP contribution in [-0.2, 0) is 25.9 Å². The molecular formula is C15H19NO4. The summed E-state index contributed by atoms with van der Waals surface area (Å²) in [5.74, 6) is 0.165. The minimum absolute atomic E-state index is 0.0286. The van der Waals surface area contributed by atoms with Crippen molar-refractivity contribution >= 4 is 5.91 Å².